The van der Waals surface area contributed by atoms with Gasteiger partial charge in [-0.2, -0.15) is 13.2 Å². The van der Waals surface area contributed by atoms with Crippen LogP contribution in [0.2, 0.25) is 0 Å². The molecule has 138 valence electrons. The second-order valence-corrected chi connectivity index (χ2v) is 6.71. The Morgan fingerprint density at radius 2 is 1.88 bits per heavy atom. The number of alkyl halides is 3. The second-order valence-electron chi connectivity index (χ2n) is 6.71. The third-order valence-electron chi connectivity index (χ3n) is 5.47. The molecule has 4 nitrogen and oxygen atoms in total. The molecule has 0 aromatic heterocycles. The number of halogens is 3. The summed E-state index contributed by atoms with van der Waals surface area (Å²) in [5.74, 6) is 1.01. The number of rotatable bonds is 3. The molecule has 1 aliphatic carbocycles. The summed E-state index contributed by atoms with van der Waals surface area (Å²) in [6.07, 6.45) is -4.21. The summed E-state index contributed by atoms with van der Waals surface area (Å²) in [4.78, 5) is 2.02. The maximum absolute atomic E-state index is 13.4. The van der Waals surface area contributed by atoms with Crippen molar-refractivity contribution in [3.05, 3.63) is 35.4 Å². The van der Waals surface area contributed by atoms with Crippen LogP contribution in [0.3, 0.4) is 0 Å². The molecule has 0 radical (unpaired) electrons. The van der Waals surface area contributed by atoms with Gasteiger partial charge >= 0.3 is 6.18 Å². The Morgan fingerprint density at radius 3 is 2.48 bits per heavy atom. The van der Waals surface area contributed by atoms with Crippen molar-refractivity contribution in [2.75, 3.05) is 27.8 Å². The van der Waals surface area contributed by atoms with Gasteiger partial charge in [-0.25, -0.2) is 0 Å². The molecule has 2 aliphatic rings. The second kappa shape index (κ2) is 6.21. The third kappa shape index (κ3) is 2.89. The van der Waals surface area contributed by atoms with E-state index in [9.17, 15) is 18.3 Å². The van der Waals surface area contributed by atoms with Crippen LogP contribution in [0.15, 0.2) is 29.8 Å². The molecule has 0 amide bonds. The van der Waals surface area contributed by atoms with Gasteiger partial charge in [-0.1, -0.05) is 12.1 Å². The van der Waals surface area contributed by atoms with Gasteiger partial charge < -0.3 is 19.5 Å². The van der Waals surface area contributed by atoms with E-state index >= 15 is 0 Å². The van der Waals surface area contributed by atoms with Crippen molar-refractivity contribution < 1.29 is 27.8 Å². The highest BCUT2D eigenvalue weighted by Crippen LogP contribution is 2.50. The van der Waals surface area contributed by atoms with E-state index < -0.39 is 23.3 Å². The van der Waals surface area contributed by atoms with Crippen LogP contribution in [0.1, 0.15) is 18.4 Å². The standard InChI is InChI=1S/C18H22F3NO3/c1-22-7-6-17(11-4-5-14(24-2)15(8-11)25-3)10-12(18(19,20)21)13(23)9-16(17)22/h4-5,8,10,13,16,23H,6-7,9H2,1-3H3/t13-,16?,17-/m1/s1. The predicted octanol–water partition coefficient (Wildman–Crippen LogP) is 2.90. The van der Waals surface area contributed by atoms with E-state index in [1.54, 1.807) is 18.2 Å². The number of aliphatic hydroxyl groups is 1. The summed E-state index contributed by atoms with van der Waals surface area (Å²) in [6.45, 7) is 0.660. The van der Waals surface area contributed by atoms with Gasteiger partial charge in [-0.05, 0) is 44.1 Å². The average Bonchev–Trinajstić information content (AvgIpc) is 2.90. The fraction of sp³-hybridized carbons (Fsp3) is 0.556. The molecule has 1 saturated heterocycles. The molecule has 0 spiro atoms. The molecule has 1 N–H and O–H groups in total. The number of nitrogens with zero attached hydrogens (tertiary/aromatic N) is 1. The van der Waals surface area contributed by atoms with Crippen LogP contribution in [0.4, 0.5) is 13.2 Å². The Morgan fingerprint density at radius 1 is 1.20 bits per heavy atom. The Kier molecular flexibility index (Phi) is 4.49. The van der Waals surface area contributed by atoms with Gasteiger partial charge in [0.25, 0.3) is 0 Å². The molecule has 3 atom stereocenters. The van der Waals surface area contributed by atoms with Crippen molar-refractivity contribution in [1.29, 1.82) is 0 Å². The molecule has 7 heteroatoms. The number of fused-ring (bicyclic) bond motifs is 1. The molecule has 1 aliphatic heterocycles. The van der Waals surface area contributed by atoms with Gasteiger partial charge in [0.1, 0.15) is 0 Å². The van der Waals surface area contributed by atoms with Gasteiger partial charge in [0, 0.05) is 11.5 Å². The van der Waals surface area contributed by atoms with Crippen molar-refractivity contribution in [3.63, 3.8) is 0 Å². The minimum Gasteiger partial charge on any atom is -0.493 e. The number of ether oxygens (including phenoxy) is 2. The lowest BCUT2D eigenvalue weighted by Crippen LogP contribution is -2.48. The Labute approximate surface area is 144 Å². The summed E-state index contributed by atoms with van der Waals surface area (Å²) >= 11 is 0. The number of hydrogen-bond donors (Lipinski definition) is 1. The summed E-state index contributed by atoms with van der Waals surface area (Å²) in [5, 5.41) is 10.1. The molecule has 1 fully saturated rings. The normalized spacial score (nSPS) is 30.0. The molecule has 1 heterocycles. The maximum Gasteiger partial charge on any atom is 0.414 e. The topological polar surface area (TPSA) is 41.9 Å². The first kappa shape index (κ1) is 18.1. The molecular formula is C18H22F3NO3. The van der Waals surface area contributed by atoms with Crippen LogP contribution in [0, 0.1) is 0 Å². The van der Waals surface area contributed by atoms with Gasteiger partial charge in [0.15, 0.2) is 11.5 Å². The molecule has 0 bridgehead atoms. The zero-order chi connectivity index (χ0) is 18.4. The summed E-state index contributed by atoms with van der Waals surface area (Å²) in [6, 6.07) is 5.04. The van der Waals surface area contributed by atoms with Crippen LogP contribution in [-0.4, -0.2) is 56.1 Å². The minimum absolute atomic E-state index is 0.0518. The molecule has 1 aromatic carbocycles. The van der Waals surface area contributed by atoms with E-state index in [4.69, 9.17) is 9.47 Å². The Balaban J connectivity index is 2.17. The molecule has 3 rings (SSSR count). The SMILES string of the molecule is COc1ccc([C@@]23C=C(C(F)(F)F)[C@H](O)CC2N(C)CC3)cc1OC. The largest absolute Gasteiger partial charge is 0.493 e. The first-order valence-electron chi connectivity index (χ1n) is 8.13. The zero-order valence-corrected chi connectivity index (χ0v) is 14.4. The molecular weight excluding hydrogens is 335 g/mol. The van der Waals surface area contributed by atoms with E-state index in [1.165, 1.54) is 20.3 Å². The van der Waals surface area contributed by atoms with Crippen LogP contribution in [0.25, 0.3) is 0 Å². The fourth-order valence-corrected chi connectivity index (χ4v) is 4.16. The highest BCUT2D eigenvalue weighted by molar-refractivity contribution is 5.49. The number of aliphatic hydroxyl groups excluding tert-OH is 1. The lowest BCUT2D eigenvalue weighted by Gasteiger charge is -2.42. The molecule has 1 aromatic rings. The predicted molar refractivity (Wildman–Crippen MR) is 87.0 cm³/mol. The number of likely N-dealkylation sites (N-methyl/N-ethyl adjacent to an activating group) is 1. The van der Waals surface area contributed by atoms with Crippen molar-refractivity contribution in [1.82, 2.24) is 4.90 Å². The van der Waals surface area contributed by atoms with Crippen molar-refractivity contribution in [2.24, 2.45) is 0 Å². The van der Waals surface area contributed by atoms with Crippen LogP contribution in [0.5, 0.6) is 11.5 Å². The number of hydrogen-bond acceptors (Lipinski definition) is 4. The minimum atomic E-state index is -4.55. The quantitative estimate of drug-likeness (QED) is 0.845. The number of methoxy groups -OCH3 is 2. The first-order valence-corrected chi connectivity index (χ1v) is 8.13. The molecule has 0 saturated carbocycles. The Bertz CT molecular complexity index is 689. The monoisotopic (exact) mass is 357 g/mol. The van der Waals surface area contributed by atoms with E-state index in [0.717, 1.165) is 5.56 Å². The van der Waals surface area contributed by atoms with Crippen molar-refractivity contribution >= 4 is 0 Å². The zero-order valence-electron chi connectivity index (χ0n) is 14.4. The van der Waals surface area contributed by atoms with E-state index in [1.807, 2.05) is 11.9 Å². The van der Waals surface area contributed by atoms with Crippen LogP contribution < -0.4 is 9.47 Å². The van der Waals surface area contributed by atoms with Crippen LogP contribution >= 0.6 is 0 Å². The Hall–Kier alpha value is -1.73. The van der Waals surface area contributed by atoms with Crippen LogP contribution in [-0.2, 0) is 5.41 Å². The van der Waals surface area contributed by atoms with E-state index in [2.05, 4.69) is 0 Å². The highest BCUT2D eigenvalue weighted by Gasteiger charge is 2.54. The molecule has 1 unspecified atom stereocenters. The van der Waals surface area contributed by atoms with Gasteiger partial charge in [0.05, 0.1) is 25.9 Å². The summed E-state index contributed by atoms with van der Waals surface area (Å²) in [5.41, 5.74) is -0.916. The summed E-state index contributed by atoms with van der Waals surface area (Å²) in [7, 11) is 4.89. The lowest BCUT2D eigenvalue weighted by atomic mass is 9.67. The molecule has 25 heavy (non-hydrogen) atoms. The number of likely N-dealkylation sites (tertiary alicyclic amines) is 1. The van der Waals surface area contributed by atoms with Gasteiger partial charge in [-0.15, -0.1) is 0 Å². The number of benzene rings is 1. The van der Waals surface area contributed by atoms with E-state index in [-0.39, 0.29) is 12.5 Å². The summed E-state index contributed by atoms with van der Waals surface area (Å²) < 4.78 is 50.8. The van der Waals surface area contributed by atoms with Gasteiger partial charge in [-0.3, -0.25) is 0 Å². The third-order valence-corrected chi connectivity index (χ3v) is 5.47. The lowest BCUT2D eigenvalue weighted by molar-refractivity contribution is -0.110. The van der Waals surface area contributed by atoms with Crippen molar-refractivity contribution in [2.45, 2.75) is 36.6 Å². The fourth-order valence-electron chi connectivity index (χ4n) is 4.16. The highest BCUT2D eigenvalue weighted by atomic mass is 19.4. The van der Waals surface area contributed by atoms with Gasteiger partial charge in [0.2, 0.25) is 0 Å². The first-order chi connectivity index (χ1) is 11.7. The van der Waals surface area contributed by atoms with E-state index in [0.29, 0.717) is 24.5 Å². The maximum atomic E-state index is 13.4. The van der Waals surface area contributed by atoms with Crippen molar-refractivity contribution in [3.8, 4) is 11.5 Å². The average molecular weight is 357 g/mol. The smallest absolute Gasteiger partial charge is 0.414 e.